The van der Waals surface area contributed by atoms with Crippen molar-refractivity contribution in [3.63, 3.8) is 0 Å². The van der Waals surface area contributed by atoms with Crippen LogP contribution >= 0.6 is 0 Å². The maximum absolute atomic E-state index is 13.5. The van der Waals surface area contributed by atoms with Gasteiger partial charge in [0.05, 0.1) is 13.5 Å². The predicted octanol–water partition coefficient (Wildman–Crippen LogP) is 1.16. The molecule has 8 heteroatoms. The topological polar surface area (TPSA) is 93.7 Å². The van der Waals surface area contributed by atoms with Gasteiger partial charge in [-0.3, -0.25) is 14.9 Å². The molecule has 1 aromatic rings. The average molecular weight is 326 g/mol. The summed E-state index contributed by atoms with van der Waals surface area (Å²) in [6, 6.07) is 3.41. The van der Waals surface area contributed by atoms with E-state index in [4.69, 9.17) is 9.47 Å². The number of hydrogen-bond donors (Lipinski definition) is 2. The molecular formula is C15H19FN2O5. The number of benzene rings is 1. The summed E-state index contributed by atoms with van der Waals surface area (Å²) in [5, 5.41) is 4.46. The fraction of sp³-hybridized carbons (Fsp3) is 0.400. The molecule has 23 heavy (non-hydrogen) atoms. The van der Waals surface area contributed by atoms with Crippen LogP contribution in [0.4, 0.5) is 9.18 Å². The number of halogens is 1. The highest BCUT2D eigenvalue weighted by atomic mass is 19.1. The maximum atomic E-state index is 13.5. The molecule has 0 aromatic heterocycles. The van der Waals surface area contributed by atoms with E-state index in [0.717, 1.165) is 12.5 Å². The number of rotatable bonds is 7. The summed E-state index contributed by atoms with van der Waals surface area (Å²) in [6.45, 7) is 1.71. The van der Waals surface area contributed by atoms with Crippen molar-refractivity contribution in [2.24, 2.45) is 0 Å². The van der Waals surface area contributed by atoms with Crippen molar-refractivity contribution in [1.82, 2.24) is 10.6 Å². The lowest BCUT2D eigenvalue weighted by Gasteiger charge is -2.07. The van der Waals surface area contributed by atoms with Crippen molar-refractivity contribution in [3.05, 3.63) is 29.6 Å². The number of carbonyl (C=O) groups excluding carboxylic acids is 3. The van der Waals surface area contributed by atoms with Crippen LogP contribution in [0.3, 0.4) is 0 Å². The molecule has 1 aromatic carbocycles. The molecule has 0 bridgehead atoms. The molecule has 126 valence electrons. The fourth-order valence-corrected chi connectivity index (χ4v) is 1.63. The summed E-state index contributed by atoms with van der Waals surface area (Å²) in [6.07, 6.45) is 0.533. The second-order valence-electron chi connectivity index (χ2n) is 4.61. The standard InChI is InChI=1S/C15H19FN2O5/c1-3-6-17-15(21)18-13(19)9-23-14(20)8-10-4-5-12(22-2)11(16)7-10/h4-5,7H,3,6,8-9H2,1-2H3,(H2,17,18,19,21). The summed E-state index contributed by atoms with van der Waals surface area (Å²) in [5.74, 6) is -1.98. The van der Waals surface area contributed by atoms with E-state index < -0.39 is 30.3 Å². The van der Waals surface area contributed by atoms with Gasteiger partial charge in [0, 0.05) is 6.54 Å². The van der Waals surface area contributed by atoms with Gasteiger partial charge in [-0.2, -0.15) is 0 Å². The summed E-state index contributed by atoms with van der Waals surface area (Å²) in [5.41, 5.74) is 0.384. The Labute approximate surface area is 133 Å². The molecule has 0 heterocycles. The average Bonchev–Trinajstić information content (AvgIpc) is 2.51. The summed E-state index contributed by atoms with van der Waals surface area (Å²) in [7, 11) is 1.33. The third-order valence-electron chi connectivity index (χ3n) is 2.72. The van der Waals surface area contributed by atoms with E-state index in [2.05, 4.69) is 5.32 Å². The lowest BCUT2D eigenvalue weighted by Crippen LogP contribution is -2.41. The SMILES string of the molecule is CCCNC(=O)NC(=O)COC(=O)Cc1ccc(OC)c(F)c1. The van der Waals surface area contributed by atoms with Crippen molar-refractivity contribution < 1.29 is 28.2 Å². The van der Waals surface area contributed by atoms with Crippen LogP contribution in [0.25, 0.3) is 0 Å². The Hall–Kier alpha value is -2.64. The first-order valence-electron chi connectivity index (χ1n) is 7.02. The van der Waals surface area contributed by atoms with E-state index in [9.17, 15) is 18.8 Å². The highest BCUT2D eigenvalue weighted by molar-refractivity contribution is 5.95. The Morgan fingerprint density at radius 3 is 2.61 bits per heavy atom. The third-order valence-corrected chi connectivity index (χ3v) is 2.72. The van der Waals surface area contributed by atoms with Gasteiger partial charge in [-0.05, 0) is 24.1 Å². The van der Waals surface area contributed by atoms with Crippen LogP contribution in [0.5, 0.6) is 5.75 Å². The van der Waals surface area contributed by atoms with Gasteiger partial charge < -0.3 is 14.8 Å². The number of imide groups is 1. The quantitative estimate of drug-likeness (QED) is 0.733. The van der Waals surface area contributed by atoms with Gasteiger partial charge in [-0.15, -0.1) is 0 Å². The Morgan fingerprint density at radius 1 is 1.26 bits per heavy atom. The minimum Gasteiger partial charge on any atom is -0.494 e. The van der Waals surface area contributed by atoms with Crippen LogP contribution in [0.15, 0.2) is 18.2 Å². The predicted molar refractivity (Wildman–Crippen MR) is 79.4 cm³/mol. The third kappa shape index (κ3) is 6.77. The molecule has 0 saturated heterocycles. The summed E-state index contributed by atoms with van der Waals surface area (Å²) in [4.78, 5) is 34.2. The normalized spacial score (nSPS) is 9.87. The van der Waals surface area contributed by atoms with Crippen molar-refractivity contribution >= 4 is 17.9 Å². The van der Waals surface area contributed by atoms with Gasteiger partial charge in [0.2, 0.25) is 0 Å². The number of nitrogens with one attached hydrogen (secondary N) is 2. The van der Waals surface area contributed by atoms with E-state index in [1.54, 1.807) is 0 Å². The second kappa shape index (κ2) is 9.39. The van der Waals surface area contributed by atoms with E-state index in [1.165, 1.54) is 19.2 Å². The maximum Gasteiger partial charge on any atom is 0.321 e. The van der Waals surface area contributed by atoms with Gasteiger partial charge >= 0.3 is 12.0 Å². The van der Waals surface area contributed by atoms with Gasteiger partial charge in [0.25, 0.3) is 5.91 Å². The Bertz CT molecular complexity index is 577. The Balaban J connectivity index is 2.38. The van der Waals surface area contributed by atoms with Gasteiger partial charge in [0.15, 0.2) is 18.2 Å². The van der Waals surface area contributed by atoms with E-state index >= 15 is 0 Å². The smallest absolute Gasteiger partial charge is 0.321 e. The Kier molecular flexibility index (Phi) is 7.52. The summed E-state index contributed by atoms with van der Waals surface area (Å²) >= 11 is 0. The van der Waals surface area contributed by atoms with Crippen LogP contribution in [-0.2, 0) is 20.7 Å². The molecule has 0 aliphatic carbocycles. The molecule has 1 rings (SSSR count). The monoisotopic (exact) mass is 326 g/mol. The molecular weight excluding hydrogens is 307 g/mol. The molecule has 0 atom stereocenters. The Morgan fingerprint density at radius 2 is 2.00 bits per heavy atom. The van der Waals surface area contributed by atoms with E-state index in [0.29, 0.717) is 12.1 Å². The number of amides is 3. The molecule has 0 spiro atoms. The van der Waals surface area contributed by atoms with E-state index in [-0.39, 0.29) is 12.2 Å². The first-order valence-corrected chi connectivity index (χ1v) is 7.02. The van der Waals surface area contributed by atoms with Gasteiger partial charge in [-0.1, -0.05) is 13.0 Å². The lowest BCUT2D eigenvalue weighted by molar-refractivity contribution is -0.147. The van der Waals surface area contributed by atoms with Crippen LogP contribution in [-0.4, -0.2) is 38.2 Å². The van der Waals surface area contributed by atoms with E-state index in [1.807, 2.05) is 12.2 Å². The number of hydrogen-bond acceptors (Lipinski definition) is 5. The molecule has 0 saturated carbocycles. The molecule has 0 unspecified atom stereocenters. The molecule has 0 aliphatic rings. The summed E-state index contributed by atoms with van der Waals surface area (Å²) < 4.78 is 23.0. The highest BCUT2D eigenvalue weighted by Gasteiger charge is 2.12. The first kappa shape index (κ1) is 18.4. The minimum absolute atomic E-state index is 0.0691. The molecule has 2 N–H and O–H groups in total. The first-order chi connectivity index (χ1) is 11.0. The van der Waals surface area contributed by atoms with Crippen molar-refractivity contribution in [2.75, 3.05) is 20.3 Å². The lowest BCUT2D eigenvalue weighted by atomic mass is 10.1. The number of methoxy groups -OCH3 is 1. The van der Waals surface area contributed by atoms with Crippen LogP contribution in [0, 0.1) is 5.82 Å². The molecule has 0 aliphatic heterocycles. The van der Waals surface area contributed by atoms with Crippen LogP contribution in [0.2, 0.25) is 0 Å². The molecule has 3 amide bonds. The molecule has 7 nitrogen and oxygen atoms in total. The highest BCUT2D eigenvalue weighted by Crippen LogP contribution is 2.18. The second-order valence-corrected chi connectivity index (χ2v) is 4.61. The zero-order valence-electron chi connectivity index (χ0n) is 13.0. The molecule has 0 radical (unpaired) electrons. The number of carbonyl (C=O) groups is 3. The van der Waals surface area contributed by atoms with Crippen molar-refractivity contribution in [1.29, 1.82) is 0 Å². The van der Waals surface area contributed by atoms with Gasteiger partial charge in [0.1, 0.15) is 0 Å². The van der Waals surface area contributed by atoms with Crippen molar-refractivity contribution in [3.8, 4) is 5.75 Å². The van der Waals surface area contributed by atoms with Crippen LogP contribution in [0.1, 0.15) is 18.9 Å². The number of esters is 1. The van der Waals surface area contributed by atoms with Crippen molar-refractivity contribution in [2.45, 2.75) is 19.8 Å². The molecule has 0 fully saturated rings. The zero-order chi connectivity index (χ0) is 17.2. The minimum atomic E-state index is -0.743. The van der Waals surface area contributed by atoms with Gasteiger partial charge in [-0.25, -0.2) is 9.18 Å². The fourth-order valence-electron chi connectivity index (χ4n) is 1.63. The number of urea groups is 1. The zero-order valence-corrected chi connectivity index (χ0v) is 13.0. The number of ether oxygens (including phenoxy) is 2. The van der Waals surface area contributed by atoms with Crippen LogP contribution < -0.4 is 15.4 Å². The largest absolute Gasteiger partial charge is 0.494 e.